The zero-order valence-electron chi connectivity index (χ0n) is 7.93. The monoisotopic (exact) mass is 230 g/mol. The fourth-order valence-electron chi connectivity index (χ4n) is 1.73. The minimum atomic E-state index is -0.783. The first kappa shape index (κ1) is 10.3. The summed E-state index contributed by atoms with van der Waals surface area (Å²) in [5, 5.41) is 11.4. The van der Waals surface area contributed by atoms with Crippen LogP contribution in [0.2, 0.25) is 10.0 Å². The second-order valence-corrected chi connectivity index (χ2v) is 4.95. The number of halogens is 2. The van der Waals surface area contributed by atoms with Gasteiger partial charge in [-0.15, -0.1) is 0 Å². The summed E-state index contributed by atoms with van der Waals surface area (Å²) in [6.45, 7) is 1.83. The summed E-state index contributed by atoms with van der Waals surface area (Å²) >= 11 is 11.8. The first-order valence-corrected chi connectivity index (χ1v) is 5.44. The van der Waals surface area contributed by atoms with E-state index in [4.69, 9.17) is 23.2 Å². The number of rotatable bonds is 2. The van der Waals surface area contributed by atoms with Crippen molar-refractivity contribution in [1.82, 2.24) is 0 Å². The lowest BCUT2D eigenvalue weighted by Crippen LogP contribution is -2.23. The molecule has 0 aliphatic heterocycles. The Balaban J connectivity index is 2.39. The van der Waals surface area contributed by atoms with Crippen LogP contribution in [0.4, 0.5) is 0 Å². The van der Waals surface area contributed by atoms with Gasteiger partial charge in [0, 0.05) is 10.0 Å². The number of hydrogen-bond donors (Lipinski definition) is 1. The Morgan fingerprint density at radius 2 is 1.71 bits per heavy atom. The summed E-state index contributed by atoms with van der Waals surface area (Å²) in [5.74, 6) is 0.358. The van der Waals surface area contributed by atoms with Gasteiger partial charge in [-0.1, -0.05) is 23.2 Å². The molecular weight excluding hydrogens is 219 g/mol. The second kappa shape index (κ2) is 3.41. The van der Waals surface area contributed by atoms with Gasteiger partial charge in [0.25, 0.3) is 0 Å². The van der Waals surface area contributed by atoms with E-state index < -0.39 is 5.60 Å². The smallest absolute Gasteiger partial charge is 0.0897 e. The SMILES string of the molecule is C[C@@](O)(c1cc(Cl)cc(Cl)c1)C1CC1. The highest BCUT2D eigenvalue weighted by molar-refractivity contribution is 6.34. The van der Waals surface area contributed by atoms with Crippen molar-refractivity contribution >= 4 is 23.2 Å². The Hall–Kier alpha value is -0.240. The molecule has 1 aliphatic rings. The third-order valence-electron chi connectivity index (χ3n) is 2.82. The quantitative estimate of drug-likeness (QED) is 0.824. The van der Waals surface area contributed by atoms with Crippen LogP contribution in [-0.4, -0.2) is 5.11 Å². The van der Waals surface area contributed by atoms with Crippen LogP contribution < -0.4 is 0 Å². The van der Waals surface area contributed by atoms with E-state index in [2.05, 4.69) is 0 Å². The molecule has 1 aromatic rings. The summed E-state index contributed by atoms with van der Waals surface area (Å²) in [5.41, 5.74) is 0.0339. The molecule has 0 aromatic heterocycles. The van der Waals surface area contributed by atoms with Crippen LogP contribution in [-0.2, 0) is 5.60 Å². The van der Waals surface area contributed by atoms with Crippen molar-refractivity contribution in [3.05, 3.63) is 33.8 Å². The van der Waals surface area contributed by atoms with Gasteiger partial charge in [-0.25, -0.2) is 0 Å². The molecule has 0 bridgehead atoms. The molecule has 1 aliphatic carbocycles. The van der Waals surface area contributed by atoms with E-state index in [1.807, 2.05) is 6.92 Å². The molecule has 2 rings (SSSR count). The molecule has 0 spiro atoms. The Morgan fingerprint density at radius 1 is 1.21 bits per heavy atom. The Morgan fingerprint density at radius 3 is 2.14 bits per heavy atom. The van der Waals surface area contributed by atoms with E-state index in [0.29, 0.717) is 16.0 Å². The van der Waals surface area contributed by atoms with Gasteiger partial charge in [-0.2, -0.15) is 0 Å². The molecule has 0 radical (unpaired) electrons. The predicted molar refractivity (Wildman–Crippen MR) is 58.8 cm³/mol. The number of benzene rings is 1. The maximum Gasteiger partial charge on any atom is 0.0897 e. The second-order valence-electron chi connectivity index (χ2n) is 4.08. The number of hydrogen-bond acceptors (Lipinski definition) is 1. The predicted octanol–water partition coefficient (Wildman–Crippen LogP) is 3.61. The minimum Gasteiger partial charge on any atom is -0.385 e. The van der Waals surface area contributed by atoms with E-state index in [9.17, 15) is 5.11 Å². The highest BCUT2D eigenvalue weighted by atomic mass is 35.5. The maximum atomic E-state index is 10.3. The lowest BCUT2D eigenvalue weighted by atomic mass is 9.91. The molecule has 0 amide bonds. The molecule has 0 heterocycles. The molecule has 0 saturated heterocycles. The summed E-state index contributed by atoms with van der Waals surface area (Å²) in [6, 6.07) is 5.24. The van der Waals surface area contributed by atoms with Gasteiger partial charge in [0.15, 0.2) is 0 Å². The van der Waals surface area contributed by atoms with Crippen molar-refractivity contribution in [2.45, 2.75) is 25.4 Å². The van der Waals surface area contributed by atoms with Crippen LogP contribution in [0, 0.1) is 5.92 Å². The third kappa shape index (κ3) is 1.90. The average molecular weight is 231 g/mol. The van der Waals surface area contributed by atoms with Gasteiger partial charge in [-0.05, 0) is 49.4 Å². The van der Waals surface area contributed by atoms with Crippen molar-refractivity contribution in [1.29, 1.82) is 0 Å². The van der Waals surface area contributed by atoms with Crippen molar-refractivity contribution in [3.63, 3.8) is 0 Å². The largest absolute Gasteiger partial charge is 0.385 e. The Bertz CT molecular complexity index is 336. The first-order chi connectivity index (χ1) is 6.50. The van der Waals surface area contributed by atoms with Crippen LogP contribution in [0.25, 0.3) is 0 Å². The highest BCUT2D eigenvalue weighted by Crippen LogP contribution is 2.46. The van der Waals surface area contributed by atoms with Crippen LogP contribution in [0.5, 0.6) is 0 Å². The van der Waals surface area contributed by atoms with E-state index >= 15 is 0 Å². The van der Waals surface area contributed by atoms with Crippen molar-refractivity contribution in [2.75, 3.05) is 0 Å². The molecule has 3 heteroatoms. The standard InChI is InChI=1S/C11H12Cl2O/c1-11(14,7-2-3-7)8-4-9(12)6-10(13)5-8/h4-7,14H,2-3H2,1H3/t11-/m0/s1. The fourth-order valence-corrected chi connectivity index (χ4v) is 2.25. The fraction of sp³-hybridized carbons (Fsp3) is 0.455. The zero-order valence-corrected chi connectivity index (χ0v) is 9.44. The molecule has 0 unspecified atom stereocenters. The molecule has 1 fully saturated rings. The van der Waals surface area contributed by atoms with Gasteiger partial charge in [0.2, 0.25) is 0 Å². The normalized spacial score (nSPS) is 20.6. The van der Waals surface area contributed by atoms with Gasteiger partial charge in [0.1, 0.15) is 0 Å². The maximum absolute atomic E-state index is 10.3. The van der Waals surface area contributed by atoms with Gasteiger partial charge >= 0.3 is 0 Å². The number of aliphatic hydroxyl groups is 1. The molecule has 1 N–H and O–H groups in total. The van der Waals surface area contributed by atoms with Gasteiger partial charge in [0.05, 0.1) is 5.60 Å². The molecule has 14 heavy (non-hydrogen) atoms. The molecule has 1 aromatic carbocycles. The average Bonchev–Trinajstić information content (AvgIpc) is 2.83. The van der Waals surface area contributed by atoms with E-state index in [-0.39, 0.29) is 0 Å². The van der Waals surface area contributed by atoms with Crippen molar-refractivity contribution < 1.29 is 5.11 Å². The van der Waals surface area contributed by atoms with Crippen molar-refractivity contribution in [2.24, 2.45) is 5.92 Å². The lowest BCUT2D eigenvalue weighted by molar-refractivity contribution is 0.0331. The van der Waals surface area contributed by atoms with Crippen LogP contribution in [0.1, 0.15) is 25.3 Å². The first-order valence-electron chi connectivity index (χ1n) is 4.69. The van der Waals surface area contributed by atoms with Crippen molar-refractivity contribution in [3.8, 4) is 0 Å². The third-order valence-corrected chi connectivity index (χ3v) is 3.26. The lowest BCUT2D eigenvalue weighted by Gasteiger charge is -2.23. The van der Waals surface area contributed by atoms with E-state index in [1.54, 1.807) is 18.2 Å². The summed E-state index contributed by atoms with van der Waals surface area (Å²) < 4.78 is 0. The zero-order chi connectivity index (χ0) is 10.3. The Labute approximate surface area is 93.7 Å². The van der Waals surface area contributed by atoms with Gasteiger partial charge < -0.3 is 5.11 Å². The van der Waals surface area contributed by atoms with Gasteiger partial charge in [-0.3, -0.25) is 0 Å². The van der Waals surface area contributed by atoms with Crippen LogP contribution >= 0.6 is 23.2 Å². The van der Waals surface area contributed by atoms with E-state index in [1.165, 1.54) is 0 Å². The Kier molecular flexibility index (Phi) is 2.50. The summed E-state index contributed by atoms with van der Waals surface area (Å²) in [6.07, 6.45) is 2.16. The minimum absolute atomic E-state index is 0.358. The highest BCUT2D eigenvalue weighted by Gasteiger charge is 2.41. The molecular formula is C11H12Cl2O. The molecule has 76 valence electrons. The van der Waals surface area contributed by atoms with E-state index in [0.717, 1.165) is 18.4 Å². The topological polar surface area (TPSA) is 20.2 Å². The van der Waals surface area contributed by atoms with Crippen LogP contribution in [0.15, 0.2) is 18.2 Å². The summed E-state index contributed by atoms with van der Waals surface area (Å²) in [7, 11) is 0. The molecule has 1 atom stereocenters. The summed E-state index contributed by atoms with van der Waals surface area (Å²) in [4.78, 5) is 0. The molecule has 1 nitrogen and oxygen atoms in total. The molecule has 1 saturated carbocycles. The van der Waals surface area contributed by atoms with Crippen LogP contribution in [0.3, 0.4) is 0 Å².